The van der Waals surface area contributed by atoms with Crippen molar-refractivity contribution in [1.82, 2.24) is 10.3 Å². The van der Waals surface area contributed by atoms with Gasteiger partial charge in [0.15, 0.2) is 0 Å². The van der Waals surface area contributed by atoms with Crippen LogP contribution in [0.25, 0.3) is 0 Å². The molecule has 2 heterocycles. The number of hydrogen-bond donors (Lipinski definition) is 2. The van der Waals surface area contributed by atoms with Crippen molar-refractivity contribution >= 4 is 11.6 Å². The van der Waals surface area contributed by atoms with E-state index >= 15 is 0 Å². The van der Waals surface area contributed by atoms with Crippen LogP contribution in [0, 0.1) is 5.82 Å². The molecule has 3 rings (SSSR count). The summed E-state index contributed by atoms with van der Waals surface area (Å²) in [6, 6.07) is 8.46. The van der Waals surface area contributed by atoms with Gasteiger partial charge in [-0.15, -0.1) is 0 Å². The van der Waals surface area contributed by atoms with Crippen LogP contribution in [0.1, 0.15) is 21.6 Å². The highest BCUT2D eigenvalue weighted by atomic mass is 19.1. The summed E-state index contributed by atoms with van der Waals surface area (Å²) in [7, 11) is 0. The Balaban J connectivity index is 1.77. The molecule has 1 aliphatic rings. The number of hydrogen-bond acceptors (Lipinski definition) is 3. The molecule has 20 heavy (non-hydrogen) atoms. The number of anilines is 1. The van der Waals surface area contributed by atoms with Gasteiger partial charge in [-0.05, 0) is 48.4 Å². The number of rotatable bonds is 2. The maximum absolute atomic E-state index is 12.8. The second kappa shape index (κ2) is 5.38. The van der Waals surface area contributed by atoms with Crippen molar-refractivity contribution in [3.63, 3.8) is 0 Å². The molecule has 0 saturated carbocycles. The standard InChI is InChI=1S/C15H14FN3O/c16-12-2-4-14(18-9-12)15(20)19-13-3-1-10-5-6-17-8-11(10)7-13/h1-4,7,9,17H,5-6,8H2,(H,19,20). The lowest BCUT2D eigenvalue weighted by Crippen LogP contribution is -2.23. The van der Waals surface area contributed by atoms with Gasteiger partial charge in [-0.1, -0.05) is 6.07 Å². The van der Waals surface area contributed by atoms with Crippen LogP contribution >= 0.6 is 0 Å². The van der Waals surface area contributed by atoms with Crippen LogP contribution in [0.4, 0.5) is 10.1 Å². The Labute approximate surface area is 116 Å². The molecule has 4 nitrogen and oxygen atoms in total. The Morgan fingerprint density at radius 3 is 2.95 bits per heavy atom. The third kappa shape index (κ3) is 2.67. The van der Waals surface area contributed by atoms with Gasteiger partial charge >= 0.3 is 0 Å². The number of amides is 1. The first kappa shape index (κ1) is 12.7. The molecule has 2 aromatic rings. The van der Waals surface area contributed by atoms with Gasteiger partial charge in [0.2, 0.25) is 0 Å². The van der Waals surface area contributed by atoms with Crippen LogP contribution in [-0.4, -0.2) is 17.4 Å². The molecular formula is C15H14FN3O. The van der Waals surface area contributed by atoms with E-state index in [1.165, 1.54) is 23.3 Å². The van der Waals surface area contributed by atoms with Gasteiger partial charge in [-0.2, -0.15) is 0 Å². The highest BCUT2D eigenvalue weighted by molar-refractivity contribution is 6.02. The second-order valence-electron chi connectivity index (χ2n) is 4.73. The number of carbonyl (C=O) groups is 1. The van der Waals surface area contributed by atoms with Crippen molar-refractivity contribution in [2.24, 2.45) is 0 Å². The molecule has 0 aliphatic carbocycles. The number of pyridine rings is 1. The normalized spacial score (nSPS) is 13.7. The molecule has 1 aromatic carbocycles. The molecule has 0 atom stereocenters. The number of nitrogens with one attached hydrogen (secondary N) is 2. The SMILES string of the molecule is O=C(Nc1ccc2c(c1)CNCC2)c1ccc(F)cn1. The fourth-order valence-electron chi connectivity index (χ4n) is 2.26. The van der Waals surface area contributed by atoms with Crippen LogP contribution in [-0.2, 0) is 13.0 Å². The lowest BCUT2D eigenvalue weighted by Gasteiger charge is -2.18. The summed E-state index contributed by atoms with van der Waals surface area (Å²) < 4.78 is 12.8. The van der Waals surface area contributed by atoms with Gasteiger partial charge in [0.25, 0.3) is 5.91 Å². The van der Waals surface area contributed by atoms with Gasteiger partial charge in [-0.25, -0.2) is 9.37 Å². The summed E-state index contributed by atoms with van der Waals surface area (Å²) in [4.78, 5) is 15.7. The molecule has 102 valence electrons. The first-order chi connectivity index (χ1) is 9.72. The fourth-order valence-corrected chi connectivity index (χ4v) is 2.26. The fraction of sp³-hybridized carbons (Fsp3) is 0.200. The van der Waals surface area contributed by atoms with E-state index in [2.05, 4.69) is 15.6 Å². The van der Waals surface area contributed by atoms with E-state index in [0.717, 1.165) is 31.4 Å². The number of nitrogens with zero attached hydrogens (tertiary/aromatic N) is 1. The van der Waals surface area contributed by atoms with Crippen molar-refractivity contribution in [1.29, 1.82) is 0 Å². The first-order valence-electron chi connectivity index (χ1n) is 6.48. The summed E-state index contributed by atoms with van der Waals surface area (Å²) in [5, 5.41) is 6.07. The van der Waals surface area contributed by atoms with Crippen molar-refractivity contribution < 1.29 is 9.18 Å². The lowest BCUT2D eigenvalue weighted by molar-refractivity contribution is 0.102. The Morgan fingerprint density at radius 1 is 1.25 bits per heavy atom. The van der Waals surface area contributed by atoms with Crippen LogP contribution in [0.15, 0.2) is 36.5 Å². The first-order valence-corrected chi connectivity index (χ1v) is 6.48. The molecule has 1 aromatic heterocycles. The summed E-state index contributed by atoms with van der Waals surface area (Å²) in [5.74, 6) is -0.796. The molecule has 0 spiro atoms. The quantitative estimate of drug-likeness (QED) is 0.879. The van der Waals surface area contributed by atoms with E-state index in [9.17, 15) is 9.18 Å². The Hall–Kier alpha value is -2.27. The number of carbonyl (C=O) groups excluding carboxylic acids is 1. The minimum absolute atomic E-state index is 0.197. The molecular weight excluding hydrogens is 257 g/mol. The van der Waals surface area contributed by atoms with Crippen LogP contribution in [0.2, 0.25) is 0 Å². The van der Waals surface area contributed by atoms with Crippen molar-refractivity contribution in [2.45, 2.75) is 13.0 Å². The third-order valence-corrected chi connectivity index (χ3v) is 3.31. The van der Waals surface area contributed by atoms with E-state index < -0.39 is 5.82 Å². The summed E-state index contributed by atoms with van der Waals surface area (Å²) in [6.45, 7) is 1.80. The minimum atomic E-state index is -0.457. The topological polar surface area (TPSA) is 54.0 Å². The highest BCUT2D eigenvalue weighted by Crippen LogP contribution is 2.19. The summed E-state index contributed by atoms with van der Waals surface area (Å²) in [6.07, 6.45) is 2.04. The average Bonchev–Trinajstić information content (AvgIpc) is 2.48. The molecule has 2 N–H and O–H groups in total. The molecule has 1 amide bonds. The van der Waals surface area contributed by atoms with Crippen molar-refractivity contribution in [3.8, 4) is 0 Å². The molecule has 5 heteroatoms. The number of benzene rings is 1. The molecule has 0 unspecified atom stereocenters. The monoisotopic (exact) mass is 271 g/mol. The van der Waals surface area contributed by atoms with Gasteiger partial charge in [0, 0.05) is 12.2 Å². The van der Waals surface area contributed by atoms with Crippen LogP contribution < -0.4 is 10.6 Å². The minimum Gasteiger partial charge on any atom is -0.321 e. The third-order valence-electron chi connectivity index (χ3n) is 3.31. The molecule has 1 aliphatic heterocycles. The highest BCUT2D eigenvalue weighted by Gasteiger charge is 2.11. The van der Waals surface area contributed by atoms with E-state index in [4.69, 9.17) is 0 Å². The number of fused-ring (bicyclic) bond motifs is 1. The van der Waals surface area contributed by atoms with Gasteiger partial charge < -0.3 is 10.6 Å². The Morgan fingerprint density at radius 2 is 2.15 bits per heavy atom. The largest absolute Gasteiger partial charge is 0.321 e. The zero-order valence-electron chi connectivity index (χ0n) is 10.8. The number of halogens is 1. The van der Waals surface area contributed by atoms with Crippen LogP contribution in [0.5, 0.6) is 0 Å². The molecule has 0 bridgehead atoms. The van der Waals surface area contributed by atoms with E-state index in [1.807, 2.05) is 18.2 Å². The van der Waals surface area contributed by atoms with E-state index in [1.54, 1.807) is 0 Å². The van der Waals surface area contributed by atoms with E-state index in [0.29, 0.717) is 0 Å². The lowest BCUT2D eigenvalue weighted by atomic mass is 10.0. The molecule has 0 radical (unpaired) electrons. The maximum atomic E-state index is 12.8. The predicted octanol–water partition coefficient (Wildman–Crippen LogP) is 2.12. The van der Waals surface area contributed by atoms with Crippen molar-refractivity contribution in [2.75, 3.05) is 11.9 Å². The average molecular weight is 271 g/mol. The number of aromatic nitrogens is 1. The Bertz CT molecular complexity index is 640. The summed E-state index contributed by atoms with van der Waals surface area (Å²) in [5.41, 5.74) is 3.42. The molecule has 0 saturated heterocycles. The zero-order valence-corrected chi connectivity index (χ0v) is 10.8. The smallest absolute Gasteiger partial charge is 0.274 e. The van der Waals surface area contributed by atoms with Crippen LogP contribution in [0.3, 0.4) is 0 Å². The van der Waals surface area contributed by atoms with Gasteiger partial charge in [0.05, 0.1) is 6.20 Å². The predicted molar refractivity (Wildman–Crippen MR) is 74.0 cm³/mol. The Kier molecular flexibility index (Phi) is 3.43. The molecule has 0 fully saturated rings. The summed E-state index contributed by atoms with van der Waals surface area (Å²) >= 11 is 0. The van der Waals surface area contributed by atoms with Gasteiger partial charge in [0.1, 0.15) is 11.5 Å². The van der Waals surface area contributed by atoms with Gasteiger partial charge in [-0.3, -0.25) is 4.79 Å². The zero-order chi connectivity index (χ0) is 13.9. The van der Waals surface area contributed by atoms with E-state index in [-0.39, 0.29) is 11.6 Å². The second-order valence-corrected chi connectivity index (χ2v) is 4.73. The van der Waals surface area contributed by atoms with Crippen molar-refractivity contribution in [3.05, 3.63) is 59.2 Å². The maximum Gasteiger partial charge on any atom is 0.274 e.